The average Bonchev–Trinajstić information content (AvgIpc) is 2.81. The molecule has 1 aliphatic carbocycles. The van der Waals surface area contributed by atoms with Crippen LogP contribution in [0.15, 0.2) is 37.9 Å². The molecule has 2 aliphatic rings. The van der Waals surface area contributed by atoms with Crippen molar-refractivity contribution < 1.29 is 0 Å². The molecule has 0 radical (unpaired) electrons. The van der Waals surface area contributed by atoms with Gasteiger partial charge in [0.2, 0.25) is 0 Å². The Labute approximate surface area is 194 Å². The Morgan fingerprint density at radius 3 is 2.29 bits per heavy atom. The van der Waals surface area contributed by atoms with Gasteiger partial charge in [-0.25, -0.2) is 0 Å². The summed E-state index contributed by atoms with van der Waals surface area (Å²) in [6.45, 7) is 17.6. The number of nitrogens with zero attached hydrogens (tertiary/aromatic N) is 1. The summed E-state index contributed by atoms with van der Waals surface area (Å²) in [6.07, 6.45) is 15.5. The third-order valence-electron chi connectivity index (χ3n) is 6.32. The number of nitrogens with two attached hydrogens (primary N) is 2. The molecule has 0 bridgehead atoms. The van der Waals surface area contributed by atoms with Crippen LogP contribution in [-0.4, -0.2) is 31.6 Å². The molecular formula is C28H51N3. The van der Waals surface area contributed by atoms with Crippen molar-refractivity contribution in [3.05, 3.63) is 49.1 Å². The van der Waals surface area contributed by atoms with Gasteiger partial charge < -0.3 is 16.4 Å². The van der Waals surface area contributed by atoms with Gasteiger partial charge in [-0.05, 0) is 80.9 Å². The molecule has 0 aromatic heterocycles. The van der Waals surface area contributed by atoms with E-state index in [1.807, 2.05) is 24.3 Å². The van der Waals surface area contributed by atoms with Gasteiger partial charge in [0.05, 0.1) is 0 Å². The van der Waals surface area contributed by atoms with E-state index in [0.717, 1.165) is 30.5 Å². The van der Waals surface area contributed by atoms with Gasteiger partial charge in [-0.15, -0.1) is 13.2 Å². The van der Waals surface area contributed by atoms with Crippen molar-refractivity contribution in [2.24, 2.45) is 17.6 Å². The fourth-order valence-electron chi connectivity index (χ4n) is 4.48. The first kappa shape index (κ1) is 29.4. The van der Waals surface area contributed by atoms with Crippen molar-refractivity contribution in [2.45, 2.75) is 78.1 Å². The maximum atomic E-state index is 5.62. The molecule has 1 saturated carbocycles. The van der Waals surface area contributed by atoms with Crippen LogP contribution in [0.5, 0.6) is 0 Å². The van der Waals surface area contributed by atoms with Crippen LogP contribution in [0.3, 0.4) is 0 Å². The van der Waals surface area contributed by atoms with E-state index < -0.39 is 0 Å². The number of piperidine rings is 1. The summed E-state index contributed by atoms with van der Waals surface area (Å²) in [6, 6.07) is 5.90. The first-order valence-electron chi connectivity index (χ1n) is 12.4. The summed E-state index contributed by atoms with van der Waals surface area (Å²) in [5, 5.41) is 0. The lowest BCUT2D eigenvalue weighted by atomic mass is 9.75. The first-order valence-corrected chi connectivity index (χ1v) is 12.4. The molecule has 1 saturated heterocycles. The molecule has 2 atom stereocenters. The predicted molar refractivity (Wildman–Crippen MR) is 142 cm³/mol. The standard InChI is InChI=1S/C10H19N.C10H13N.C6H15N.C2H4/c1-11-7-6-9-4-2-3-5-10(9)8-11;1-3-8-5-6-10(11)7-9(8)4-2;1-2-3-4-5-6-7;1-2/h9-10H,2-8H2,1H3;3,5-7H,1,4,11H2,2H3;2-7H2,1H3;1-2H2. The Kier molecular flexibility index (Phi) is 18.2. The van der Waals surface area contributed by atoms with Crippen molar-refractivity contribution in [3.63, 3.8) is 0 Å². The lowest BCUT2D eigenvalue weighted by Crippen LogP contribution is -2.39. The zero-order chi connectivity index (χ0) is 23.5. The predicted octanol–water partition coefficient (Wildman–Crippen LogP) is 6.93. The van der Waals surface area contributed by atoms with Crippen molar-refractivity contribution in [3.8, 4) is 0 Å². The molecule has 1 heterocycles. The van der Waals surface area contributed by atoms with Crippen molar-refractivity contribution in [1.82, 2.24) is 4.90 Å². The molecule has 0 amide bonds. The van der Waals surface area contributed by atoms with Gasteiger partial charge >= 0.3 is 0 Å². The van der Waals surface area contributed by atoms with E-state index in [1.54, 1.807) is 0 Å². The Balaban J connectivity index is 0.000000430. The molecule has 1 aliphatic heterocycles. The lowest BCUT2D eigenvalue weighted by Gasteiger charge is -2.39. The van der Waals surface area contributed by atoms with Crippen LogP contribution in [0.4, 0.5) is 5.69 Å². The number of hydrogen-bond acceptors (Lipinski definition) is 3. The topological polar surface area (TPSA) is 55.3 Å². The Bertz CT molecular complexity index is 565. The van der Waals surface area contributed by atoms with Crippen LogP contribution in [0.2, 0.25) is 0 Å². The van der Waals surface area contributed by atoms with Crippen LogP contribution < -0.4 is 11.5 Å². The molecule has 0 spiro atoms. The minimum atomic E-state index is 0.826. The minimum Gasteiger partial charge on any atom is -0.399 e. The monoisotopic (exact) mass is 429 g/mol. The van der Waals surface area contributed by atoms with Crippen LogP contribution >= 0.6 is 0 Å². The normalized spacial score (nSPS) is 19.9. The number of hydrogen-bond donors (Lipinski definition) is 2. The van der Waals surface area contributed by atoms with Gasteiger partial charge in [0.15, 0.2) is 0 Å². The van der Waals surface area contributed by atoms with Gasteiger partial charge in [-0.2, -0.15) is 0 Å². The number of unbranched alkanes of at least 4 members (excludes halogenated alkanes) is 3. The summed E-state index contributed by atoms with van der Waals surface area (Å²) in [7, 11) is 2.27. The third kappa shape index (κ3) is 12.8. The smallest absolute Gasteiger partial charge is 0.0317 e. The van der Waals surface area contributed by atoms with Crippen LogP contribution in [0.25, 0.3) is 6.08 Å². The number of rotatable bonds is 6. The van der Waals surface area contributed by atoms with E-state index in [1.165, 1.54) is 82.0 Å². The second kappa shape index (κ2) is 19.1. The first-order chi connectivity index (χ1) is 15.0. The molecule has 3 rings (SSSR count). The Morgan fingerprint density at radius 1 is 1.03 bits per heavy atom. The number of benzene rings is 1. The molecule has 3 nitrogen and oxygen atoms in total. The van der Waals surface area contributed by atoms with E-state index in [4.69, 9.17) is 11.5 Å². The number of anilines is 1. The molecule has 3 heteroatoms. The van der Waals surface area contributed by atoms with Gasteiger partial charge in [0.1, 0.15) is 0 Å². The lowest BCUT2D eigenvalue weighted by molar-refractivity contribution is 0.105. The van der Waals surface area contributed by atoms with E-state index in [9.17, 15) is 0 Å². The zero-order valence-electron chi connectivity index (χ0n) is 20.9. The minimum absolute atomic E-state index is 0.826. The van der Waals surface area contributed by atoms with Crippen LogP contribution in [0.1, 0.15) is 82.8 Å². The van der Waals surface area contributed by atoms with Gasteiger partial charge in [0, 0.05) is 12.2 Å². The highest BCUT2D eigenvalue weighted by atomic mass is 15.1. The summed E-state index contributed by atoms with van der Waals surface area (Å²) < 4.78 is 0. The van der Waals surface area contributed by atoms with Crippen molar-refractivity contribution >= 4 is 11.8 Å². The third-order valence-corrected chi connectivity index (χ3v) is 6.32. The summed E-state index contributed by atoms with van der Waals surface area (Å²) in [5.74, 6) is 2.16. The van der Waals surface area contributed by atoms with Gasteiger partial charge in [-0.3, -0.25) is 0 Å². The highest BCUT2D eigenvalue weighted by molar-refractivity contribution is 5.57. The van der Waals surface area contributed by atoms with Crippen molar-refractivity contribution in [1.29, 1.82) is 0 Å². The molecule has 1 aromatic rings. The molecular weight excluding hydrogens is 378 g/mol. The van der Waals surface area contributed by atoms with Gasteiger partial charge in [-0.1, -0.05) is 71.1 Å². The summed E-state index contributed by atoms with van der Waals surface area (Å²) >= 11 is 0. The number of likely N-dealkylation sites (tertiary alicyclic amines) is 1. The number of aryl methyl sites for hydroxylation is 1. The fourth-order valence-corrected chi connectivity index (χ4v) is 4.48. The van der Waals surface area contributed by atoms with Crippen molar-refractivity contribution in [2.75, 3.05) is 32.4 Å². The molecule has 2 fully saturated rings. The Morgan fingerprint density at radius 2 is 1.71 bits per heavy atom. The number of fused-ring (bicyclic) bond motifs is 1. The molecule has 1 aromatic carbocycles. The summed E-state index contributed by atoms with van der Waals surface area (Å²) in [4.78, 5) is 2.51. The highest BCUT2D eigenvalue weighted by Crippen LogP contribution is 2.35. The van der Waals surface area contributed by atoms with E-state index in [0.29, 0.717) is 0 Å². The van der Waals surface area contributed by atoms with E-state index in [2.05, 4.69) is 45.5 Å². The maximum Gasteiger partial charge on any atom is 0.0317 e. The molecule has 2 unspecified atom stereocenters. The molecule has 31 heavy (non-hydrogen) atoms. The van der Waals surface area contributed by atoms with Gasteiger partial charge in [0.25, 0.3) is 0 Å². The fraction of sp³-hybridized carbons (Fsp3) is 0.643. The SMILES string of the molecule is C=C.C=Cc1ccc(N)cc1CC.CCCCCCN.CN1CCC2CCCCC2C1. The largest absolute Gasteiger partial charge is 0.399 e. The molecule has 178 valence electrons. The second-order valence-corrected chi connectivity index (χ2v) is 8.72. The Hall–Kier alpha value is -1.58. The average molecular weight is 430 g/mol. The quantitative estimate of drug-likeness (QED) is 0.293. The highest BCUT2D eigenvalue weighted by Gasteiger charge is 2.29. The number of nitrogen functional groups attached to an aromatic ring is 1. The summed E-state index contributed by atoms with van der Waals surface area (Å²) in [5.41, 5.74) is 14.2. The maximum absolute atomic E-state index is 5.62. The second-order valence-electron chi connectivity index (χ2n) is 8.72. The molecule has 4 N–H and O–H groups in total. The van der Waals surface area contributed by atoms with Crippen LogP contribution in [-0.2, 0) is 6.42 Å². The van der Waals surface area contributed by atoms with E-state index in [-0.39, 0.29) is 0 Å². The van der Waals surface area contributed by atoms with E-state index >= 15 is 0 Å². The van der Waals surface area contributed by atoms with Crippen LogP contribution in [0, 0.1) is 11.8 Å². The zero-order valence-corrected chi connectivity index (χ0v) is 20.9.